The van der Waals surface area contributed by atoms with E-state index in [4.69, 9.17) is 20.6 Å². The summed E-state index contributed by atoms with van der Waals surface area (Å²) in [4.78, 5) is 28.5. The van der Waals surface area contributed by atoms with Crippen molar-refractivity contribution >= 4 is 29.0 Å². The number of nitrogen functional groups attached to an aromatic ring is 1. The second-order valence-corrected chi connectivity index (χ2v) is 10.2. The van der Waals surface area contributed by atoms with Crippen molar-refractivity contribution in [1.29, 1.82) is 5.41 Å². The maximum atomic E-state index is 13.0. The molecule has 3 unspecified atom stereocenters. The predicted molar refractivity (Wildman–Crippen MR) is 165 cm³/mol. The molecule has 1 aliphatic rings. The van der Waals surface area contributed by atoms with Crippen LogP contribution < -0.4 is 20.5 Å². The molecule has 1 aliphatic heterocycles. The number of ether oxygens (including phenoxy) is 2. The number of amides is 1. The number of carbonyl (C=O) groups is 2. The first kappa shape index (κ1) is 29.1. The number of hydrogen-bond acceptors (Lipinski definition) is 7. The maximum absolute atomic E-state index is 13.0. The Morgan fingerprint density at radius 1 is 0.977 bits per heavy atom. The van der Waals surface area contributed by atoms with E-state index in [0.29, 0.717) is 29.4 Å². The Morgan fingerprint density at radius 2 is 1.70 bits per heavy atom. The Bertz CT molecular complexity index is 1640. The van der Waals surface area contributed by atoms with Crippen LogP contribution in [-0.4, -0.2) is 35.0 Å². The smallest absolute Gasteiger partial charge is 0.325 e. The van der Waals surface area contributed by atoms with E-state index in [-0.39, 0.29) is 17.5 Å². The highest BCUT2D eigenvalue weighted by Crippen LogP contribution is 2.34. The van der Waals surface area contributed by atoms with E-state index in [9.17, 15) is 14.7 Å². The minimum atomic E-state index is -1.16. The van der Waals surface area contributed by atoms with Crippen LogP contribution >= 0.6 is 0 Å². The number of nitrogens with one attached hydrogen (secondary N) is 2. The minimum Gasteiger partial charge on any atom is -0.489 e. The number of nitrogens with zero attached hydrogens (tertiary/aromatic N) is 1. The Balaban J connectivity index is 1.38. The van der Waals surface area contributed by atoms with E-state index in [1.165, 1.54) is 0 Å². The zero-order valence-corrected chi connectivity index (χ0v) is 23.6. The predicted octanol–water partition coefficient (Wildman–Crippen LogP) is 5.37. The van der Waals surface area contributed by atoms with Crippen molar-refractivity contribution in [2.24, 2.45) is 10.9 Å². The zero-order chi connectivity index (χ0) is 30.3. The molecule has 0 bridgehead atoms. The van der Waals surface area contributed by atoms with Gasteiger partial charge in [-0.1, -0.05) is 66.7 Å². The molecule has 0 aliphatic carbocycles. The largest absolute Gasteiger partial charge is 0.489 e. The van der Waals surface area contributed by atoms with Crippen molar-refractivity contribution in [3.8, 4) is 11.5 Å². The third-order valence-electron chi connectivity index (χ3n) is 7.19. The first-order chi connectivity index (χ1) is 20.8. The van der Waals surface area contributed by atoms with Gasteiger partial charge < -0.3 is 31.0 Å². The van der Waals surface area contributed by atoms with Crippen LogP contribution in [0.1, 0.15) is 41.3 Å². The number of aliphatic imine (C=N–C) groups is 1. The molecule has 0 spiro atoms. The van der Waals surface area contributed by atoms with Gasteiger partial charge in [0.1, 0.15) is 36.5 Å². The molecule has 5 N–H and O–H groups in total. The third-order valence-corrected chi connectivity index (χ3v) is 7.19. The Morgan fingerprint density at radius 3 is 2.40 bits per heavy atom. The lowest BCUT2D eigenvalue weighted by molar-refractivity contribution is -0.135. The van der Waals surface area contributed by atoms with Crippen molar-refractivity contribution in [2.45, 2.75) is 25.7 Å². The van der Waals surface area contributed by atoms with Crippen molar-refractivity contribution in [3.05, 3.63) is 125 Å². The lowest BCUT2D eigenvalue weighted by Gasteiger charge is -2.22. The molecule has 1 heterocycles. The molecule has 0 aromatic heterocycles. The molecule has 9 heteroatoms. The molecule has 4 aromatic rings. The van der Waals surface area contributed by atoms with Crippen molar-refractivity contribution < 1.29 is 24.2 Å². The molecule has 1 fully saturated rings. The normalized spacial score (nSPS) is 17.7. The van der Waals surface area contributed by atoms with Crippen LogP contribution in [0.3, 0.4) is 0 Å². The van der Waals surface area contributed by atoms with Gasteiger partial charge in [-0.3, -0.25) is 14.6 Å². The number of benzene rings is 4. The average molecular weight is 577 g/mol. The second kappa shape index (κ2) is 13.0. The molecular weight excluding hydrogens is 544 g/mol. The number of carbonyl (C=O) groups excluding carboxylic acids is 1. The van der Waals surface area contributed by atoms with E-state index >= 15 is 0 Å². The van der Waals surface area contributed by atoms with Gasteiger partial charge >= 0.3 is 5.97 Å². The Kier molecular flexibility index (Phi) is 8.81. The summed E-state index contributed by atoms with van der Waals surface area (Å²) in [6, 6.07) is 31.0. The fraction of sp³-hybridized carbons (Fsp3) is 0.176. The first-order valence-corrected chi connectivity index (χ1v) is 13.8. The van der Waals surface area contributed by atoms with Gasteiger partial charge in [-0.25, -0.2) is 0 Å². The van der Waals surface area contributed by atoms with Gasteiger partial charge in [-0.15, -0.1) is 0 Å². The summed E-state index contributed by atoms with van der Waals surface area (Å²) in [5.41, 5.74) is 9.81. The number of hydrogen-bond donors (Lipinski definition) is 4. The van der Waals surface area contributed by atoms with Gasteiger partial charge in [-0.2, -0.15) is 0 Å². The quantitative estimate of drug-likeness (QED) is 0.139. The molecule has 218 valence electrons. The summed E-state index contributed by atoms with van der Waals surface area (Å²) in [7, 11) is 0. The van der Waals surface area contributed by atoms with Gasteiger partial charge in [0.2, 0.25) is 0 Å². The Labute approximate surface area is 249 Å². The van der Waals surface area contributed by atoms with Crippen LogP contribution in [0.25, 0.3) is 0 Å². The summed E-state index contributed by atoms with van der Waals surface area (Å²) in [5, 5.41) is 21.3. The standard InChI is InChI=1S/C34H32N4O5/c1-21(23-6-3-2-4-7-23)43-28-9-5-8-25(18-28)31(36)30-32(38-34(41)33(30)37-19-29(39)40)24-12-16-27(17-13-24)42-20-22-10-14-26(35)15-11-22/h2-18,21,30,32,36H,19-20,35H2,1H3,(H,38,41)(H,39,40). The summed E-state index contributed by atoms with van der Waals surface area (Å²) in [6.45, 7) is 1.73. The molecule has 0 saturated carbocycles. The number of carboxylic acids is 1. The van der Waals surface area contributed by atoms with Crippen LogP contribution in [0.2, 0.25) is 0 Å². The average Bonchev–Trinajstić information content (AvgIpc) is 3.35. The van der Waals surface area contributed by atoms with Gasteiger partial charge in [0.05, 0.1) is 17.7 Å². The molecule has 0 radical (unpaired) electrons. The summed E-state index contributed by atoms with van der Waals surface area (Å²) in [6.07, 6.45) is -0.221. The molecule has 5 rings (SSSR count). The molecule has 1 amide bonds. The van der Waals surface area contributed by atoms with Crippen LogP contribution in [-0.2, 0) is 16.2 Å². The van der Waals surface area contributed by atoms with E-state index in [1.807, 2.05) is 79.7 Å². The number of carboxylic acid groups (broad SMARTS) is 1. The van der Waals surface area contributed by atoms with Crippen LogP contribution in [0.15, 0.2) is 108 Å². The summed E-state index contributed by atoms with van der Waals surface area (Å²) >= 11 is 0. The van der Waals surface area contributed by atoms with Crippen molar-refractivity contribution in [1.82, 2.24) is 5.32 Å². The molecule has 9 nitrogen and oxygen atoms in total. The summed E-state index contributed by atoms with van der Waals surface area (Å²) in [5.74, 6) is -1.29. The highest BCUT2D eigenvalue weighted by molar-refractivity contribution is 6.46. The summed E-state index contributed by atoms with van der Waals surface area (Å²) < 4.78 is 12.1. The molecular formula is C34H32N4O5. The van der Waals surface area contributed by atoms with Crippen molar-refractivity contribution in [3.63, 3.8) is 0 Å². The number of rotatable bonds is 11. The monoisotopic (exact) mass is 576 g/mol. The zero-order valence-electron chi connectivity index (χ0n) is 23.6. The SMILES string of the molecule is CC(Oc1cccc(C(=N)C2C(=NCC(=O)O)C(=O)NC2c2ccc(OCc3ccc(N)cc3)cc2)c1)c1ccccc1. The van der Waals surface area contributed by atoms with E-state index in [0.717, 1.165) is 16.7 Å². The van der Waals surface area contributed by atoms with Crippen molar-refractivity contribution in [2.75, 3.05) is 12.3 Å². The molecule has 4 aromatic carbocycles. The highest BCUT2D eigenvalue weighted by atomic mass is 16.5. The Hall–Kier alpha value is -5.44. The maximum Gasteiger partial charge on any atom is 0.325 e. The van der Waals surface area contributed by atoms with Gasteiger partial charge in [0.25, 0.3) is 5.91 Å². The van der Waals surface area contributed by atoms with E-state index < -0.39 is 30.4 Å². The lowest BCUT2D eigenvalue weighted by atomic mass is 9.85. The molecule has 1 saturated heterocycles. The van der Waals surface area contributed by atoms with Crippen LogP contribution in [0, 0.1) is 11.3 Å². The first-order valence-electron chi connectivity index (χ1n) is 13.8. The highest BCUT2D eigenvalue weighted by Gasteiger charge is 2.43. The lowest BCUT2D eigenvalue weighted by Crippen LogP contribution is -2.27. The number of aliphatic carboxylic acids is 1. The fourth-order valence-corrected chi connectivity index (χ4v) is 4.96. The van der Waals surface area contributed by atoms with Gasteiger partial charge in [0.15, 0.2) is 0 Å². The van der Waals surface area contributed by atoms with Crippen LogP contribution in [0.5, 0.6) is 11.5 Å². The second-order valence-electron chi connectivity index (χ2n) is 10.2. The van der Waals surface area contributed by atoms with E-state index in [2.05, 4.69) is 10.3 Å². The number of anilines is 1. The van der Waals surface area contributed by atoms with Crippen LogP contribution in [0.4, 0.5) is 5.69 Å². The third kappa shape index (κ3) is 7.08. The topological polar surface area (TPSA) is 147 Å². The van der Waals surface area contributed by atoms with Gasteiger partial charge in [-0.05, 0) is 65.6 Å². The van der Waals surface area contributed by atoms with E-state index in [1.54, 1.807) is 30.3 Å². The minimum absolute atomic E-state index is 0.00468. The molecule has 43 heavy (non-hydrogen) atoms. The van der Waals surface area contributed by atoms with Gasteiger partial charge in [0, 0.05) is 5.69 Å². The number of nitrogens with two attached hydrogens (primary N) is 1. The fourth-order valence-electron chi connectivity index (χ4n) is 4.96. The molecule has 3 atom stereocenters.